The average molecular weight is 364 g/mol. The maximum Gasteiger partial charge on any atom is 0.0793 e. The van der Waals surface area contributed by atoms with E-state index in [-0.39, 0.29) is 0 Å². The SMILES string of the molecule is O[C@H](CCc1ccc(-c2ccccc2)cc1)c1ccc(-c2ccccc2)cc1. The van der Waals surface area contributed by atoms with Crippen LogP contribution in [0.25, 0.3) is 22.3 Å². The van der Waals surface area contributed by atoms with E-state index in [1.54, 1.807) is 0 Å². The van der Waals surface area contributed by atoms with E-state index in [0.29, 0.717) is 0 Å². The molecule has 1 nitrogen and oxygen atoms in total. The van der Waals surface area contributed by atoms with Crippen LogP contribution < -0.4 is 0 Å². The first-order valence-corrected chi connectivity index (χ1v) is 9.77. The molecular formula is C27H24O. The van der Waals surface area contributed by atoms with Crippen molar-refractivity contribution in [3.8, 4) is 22.3 Å². The number of rotatable bonds is 6. The Labute approximate surface area is 166 Å². The summed E-state index contributed by atoms with van der Waals surface area (Å²) in [6.45, 7) is 0. The first-order valence-electron chi connectivity index (χ1n) is 9.77. The summed E-state index contributed by atoms with van der Waals surface area (Å²) in [4.78, 5) is 0. The molecule has 0 aliphatic carbocycles. The van der Waals surface area contributed by atoms with Crippen molar-refractivity contribution in [1.29, 1.82) is 0 Å². The fourth-order valence-corrected chi connectivity index (χ4v) is 3.49. The molecular weight excluding hydrogens is 340 g/mol. The lowest BCUT2D eigenvalue weighted by atomic mass is 9.97. The summed E-state index contributed by atoms with van der Waals surface area (Å²) in [5.74, 6) is 0. The highest BCUT2D eigenvalue weighted by molar-refractivity contribution is 5.64. The Morgan fingerprint density at radius 2 is 0.929 bits per heavy atom. The van der Waals surface area contributed by atoms with Crippen molar-refractivity contribution in [3.05, 3.63) is 120 Å². The van der Waals surface area contributed by atoms with E-state index in [9.17, 15) is 5.11 Å². The lowest BCUT2D eigenvalue weighted by Gasteiger charge is -2.12. The largest absolute Gasteiger partial charge is 0.388 e. The van der Waals surface area contributed by atoms with Crippen molar-refractivity contribution in [1.82, 2.24) is 0 Å². The van der Waals surface area contributed by atoms with Gasteiger partial charge in [0.2, 0.25) is 0 Å². The summed E-state index contributed by atoms with van der Waals surface area (Å²) >= 11 is 0. The zero-order valence-corrected chi connectivity index (χ0v) is 15.8. The quantitative estimate of drug-likeness (QED) is 0.404. The van der Waals surface area contributed by atoms with Gasteiger partial charge in [-0.1, -0.05) is 109 Å². The van der Waals surface area contributed by atoms with Crippen LogP contribution >= 0.6 is 0 Å². The lowest BCUT2D eigenvalue weighted by molar-refractivity contribution is 0.168. The predicted octanol–water partition coefficient (Wildman–Crippen LogP) is 6.69. The van der Waals surface area contributed by atoms with Gasteiger partial charge in [0, 0.05) is 0 Å². The standard InChI is InChI=1S/C27H24O/c28-27(26-18-16-25(17-19-26)23-9-5-2-6-10-23)20-13-21-11-14-24(15-12-21)22-7-3-1-4-8-22/h1-12,14-19,27-28H,13,20H2/t27-/m1/s1. The highest BCUT2D eigenvalue weighted by Crippen LogP contribution is 2.25. The number of aryl methyl sites for hydroxylation is 1. The number of aliphatic hydroxyl groups is 1. The zero-order chi connectivity index (χ0) is 19.2. The summed E-state index contributed by atoms with van der Waals surface area (Å²) in [5, 5.41) is 10.6. The summed E-state index contributed by atoms with van der Waals surface area (Å²) in [5.41, 5.74) is 7.05. The van der Waals surface area contributed by atoms with Gasteiger partial charge in [-0.2, -0.15) is 0 Å². The monoisotopic (exact) mass is 364 g/mol. The van der Waals surface area contributed by atoms with Gasteiger partial charge in [0.25, 0.3) is 0 Å². The van der Waals surface area contributed by atoms with Crippen molar-refractivity contribution >= 4 is 0 Å². The van der Waals surface area contributed by atoms with E-state index < -0.39 is 6.10 Å². The molecule has 0 bridgehead atoms. The van der Waals surface area contributed by atoms with E-state index in [2.05, 4.69) is 72.8 Å². The fourth-order valence-electron chi connectivity index (χ4n) is 3.49. The van der Waals surface area contributed by atoms with Crippen molar-refractivity contribution in [2.45, 2.75) is 18.9 Å². The minimum Gasteiger partial charge on any atom is -0.388 e. The van der Waals surface area contributed by atoms with Gasteiger partial charge in [0.05, 0.1) is 6.10 Å². The molecule has 1 N–H and O–H groups in total. The molecule has 0 spiro atoms. The molecule has 4 aromatic carbocycles. The summed E-state index contributed by atoms with van der Waals surface area (Å²) in [6, 6.07) is 37.6. The summed E-state index contributed by atoms with van der Waals surface area (Å²) in [7, 11) is 0. The minimum absolute atomic E-state index is 0.446. The maximum atomic E-state index is 10.6. The topological polar surface area (TPSA) is 20.2 Å². The molecule has 4 rings (SSSR count). The molecule has 28 heavy (non-hydrogen) atoms. The normalized spacial score (nSPS) is 11.9. The third kappa shape index (κ3) is 4.39. The molecule has 138 valence electrons. The van der Waals surface area contributed by atoms with Crippen LogP contribution in [-0.4, -0.2) is 5.11 Å². The molecule has 0 amide bonds. The van der Waals surface area contributed by atoms with E-state index in [1.807, 2.05) is 36.4 Å². The molecule has 0 fully saturated rings. The molecule has 0 aromatic heterocycles. The lowest BCUT2D eigenvalue weighted by Crippen LogP contribution is -1.99. The second-order valence-electron chi connectivity index (χ2n) is 7.11. The maximum absolute atomic E-state index is 10.6. The van der Waals surface area contributed by atoms with Gasteiger partial charge in [-0.3, -0.25) is 0 Å². The molecule has 1 heteroatoms. The molecule has 1 atom stereocenters. The first-order chi connectivity index (χ1) is 13.8. The van der Waals surface area contributed by atoms with Crippen molar-refractivity contribution in [2.75, 3.05) is 0 Å². The van der Waals surface area contributed by atoms with Gasteiger partial charge in [-0.05, 0) is 46.2 Å². The molecule has 0 unspecified atom stereocenters. The van der Waals surface area contributed by atoms with Crippen molar-refractivity contribution < 1.29 is 5.11 Å². The van der Waals surface area contributed by atoms with E-state index in [0.717, 1.165) is 18.4 Å². The highest BCUT2D eigenvalue weighted by Gasteiger charge is 2.08. The molecule has 0 saturated carbocycles. The molecule has 0 radical (unpaired) electrons. The van der Waals surface area contributed by atoms with Crippen LogP contribution in [0.4, 0.5) is 0 Å². The number of hydrogen-bond acceptors (Lipinski definition) is 1. The number of benzene rings is 4. The zero-order valence-electron chi connectivity index (χ0n) is 15.8. The van der Waals surface area contributed by atoms with Gasteiger partial charge >= 0.3 is 0 Å². The predicted molar refractivity (Wildman–Crippen MR) is 117 cm³/mol. The Bertz CT molecular complexity index is 988. The van der Waals surface area contributed by atoms with E-state index in [1.165, 1.54) is 27.8 Å². The Morgan fingerprint density at radius 1 is 0.500 bits per heavy atom. The van der Waals surface area contributed by atoms with Gasteiger partial charge in [-0.25, -0.2) is 0 Å². The molecule has 0 aliphatic rings. The van der Waals surface area contributed by atoms with Crippen LogP contribution in [-0.2, 0) is 6.42 Å². The number of hydrogen-bond donors (Lipinski definition) is 1. The average Bonchev–Trinajstić information content (AvgIpc) is 2.79. The molecule has 4 aromatic rings. The molecule has 0 heterocycles. The van der Waals surface area contributed by atoms with Gasteiger partial charge in [0.15, 0.2) is 0 Å². The second-order valence-corrected chi connectivity index (χ2v) is 7.11. The van der Waals surface area contributed by atoms with E-state index >= 15 is 0 Å². The fraction of sp³-hybridized carbons (Fsp3) is 0.111. The van der Waals surface area contributed by atoms with Gasteiger partial charge < -0.3 is 5.11 Å². The number of aliphatic hydroxyl groups excluding tert-OH is 1. The van der Waals surface area contributed by atoms with Crippen LogP contribution in [0.15, 0.2) is 109 Å². The van der Waals surface area contributed by atoms with Crippen LogP contribution in [0.1, 0.15) is 23.7 Å². The third-order valence-corrected chi connectivity index (χ3v) is 5.17. The Kier molecular flexibility index (Phi) is 5.65. The highest BCUT2D eigenvalue weighted by atomic mass is 16.3. The van der Waals surface area contributed by atoms with Gasteiger partial charge in [0.1, 0.15) is 0 Å². The Hall–Kier alpha value is -3.16. The third-order valence-electron chi connectivity index (χ3n) is 5.17. The smallest absolute Gasteiger partial charge is 0.0793 e. The van der Waals surface area contributed by atoms with Crippen molar-refractivity contribution in [3.63, 3.8) is 0 Å². The minimum atomic E-state index is -0.446. The van der Waals surface area contributed by atoms with Crippen LogP contribution in [0.5, 0.6) is 0 Å². The summed E-state index contributed by atoms with van der Waals surface area (Å²) < 4.78 is 0. The summed E-state index contributed by atoms with van der Waals surface area (Å²) in [6.07, 6.45) is 1.13. The second kappa shape index (κ2) is 8.69. The van der Waals surface area contributed by atoms with Crippen LogP contribution in [0.3, 0.4) is 0 Å². The Balaban J connectivity index is 1.37. The first kappa shape index (κ1) is 18.2. The van der Waals surface area contributed by atoms with Gasteiger partial charge in [-0.15, -0.1) is 0 Å². The van der Waals surface area contributed by atoms with Crippen molar-refractivity contribution in [2.24, 2.45) is 0 Å². The van der Waals surface area contributed by atoms with Crippen LogP contribution in [0.2, 0.25) is 0 Å². The van der Waals surface area contributed by atoms with E-state index in [4.69, 9.17) is 0 Å². The molecule has 0 saturated heterocycles. The van der Waals surface area contributed by atoms with Crippen LogP contribution in [0, 0.1) is 0 Å². The molecule has 0 aliphatic heterocycles. The Morgan fingerprint density at radius 3 is 1.43 bits per heavy atom.